The van der Waals surface area contributed by atoms with Gasteiger partial charge in [-0.15, -0.1) is 0 Å². The predicted octanol–water partition coefficient (Wildman–Crippen LogP) is 7.23. The van der Waals surface area contributed by atoms with E-state index in [0.717, 1.165) is 11.4 Å². The van der Waals surface area contributed by atoms with E-state index in [1.54, 1.807) is 48.5 Å². The zero-order valence-electron chi connectivity index (χ0n) is 18.8. The number of hydrogen-bond acceptors (Lipinski definition) is 4. The quantitative estimate of drug-likeness (QED) is 0.280. The lowest BCUT2D eigenvalue weighted by Crippen LogP contribution is -2.01. The molecule has 4 rings (SSSR count). The highest BCUT2D eigenvalue weighted by molar-refractivity contribution is 6.31. The molecule has 0 amide bonds. The lowest BCUT2D eigenvalue weighted by molar-refractivity contribution is 0.103. The van der Waals surface area contributed by atoms with Gasteiger partial charge in [0.2, 0.25) is 0 Å². The number of halogens is 2. The predicted molar refractivity (Wildman–Crippen MR) is 142 cm³/mol. The summed E-state index contributed by atoms with van der Waals surface area (Å²) < 4.78 is 0. The third-order valence-electron chi connectivity index (χ3n) is 5.08. The molecule has 0 fully saturated rings. The minimum atomic E-state index is -0.0340. The van der Waals surface area contributed by atoms with Gasteiger partial charge < -0.3 is 10.6 Å². The second kappa shape index (κ2) is 12.0. The normalized spacial score (nSPS) is 10.0. The standard InChI is InChI=1S/C15H16N2O.C13H8Cl2O/c1-16-13-7-3-11(4-8-13)15(18)12-5-9-14(17-2)10-6-12;14-11-5-1-9(2-6-11)13(16)10-3-7-12(15)8-4-10/h3-10,16-17H,1-2H3;1-8H. The van der Waals surface area contributed by atoms with Crippen LogP contribution in [0.5, 0.6) is 0 Å². The molecule has 0 spiro atoms. The average molecular weight is 491 g/mol. The highest BCUT2D eigenvalue weighted by Crippen LogP contribution is 2.17. The molecular formula is C28H24Cl2N2O2. The molecule has 4 aromatic carbocycles. The van der Waals surface area contributed by atoms with Gasteiger partial charge in [0.15, 0.2) is 11.6 Å². The Bertz CT molecular complexity index is 1140. The minimum Gasteiger partial charge on any atom is -0.388 e. The molecule has 0 heterocycles. The molecule has 0 bridgehead atoms. The summed E-state index contributed by atoms with van der Waals surface area (Å²) in [6, 6.07) is 28.6. The molecule has 0 saturated heterocycles. The van der Waals surface area contributed by atoms with Crippen molar-refractivity contribution in [1.82, 2.24) is 0 Å². The van der Waals surface area contributed by atoms with Gasteiger partial charge in [0.25, 0.3) is 0 Å². The van der Waals surface area contributed by atoms with Crippen molar-refractivity contribution in [1.29, 1.82) is 0 Å². The monoisotopic (exact) mass is 490 g/mol. The van der Waals surface area contributed by atoms with Crippen molar-refractivity contribution >= 4 is 46.1 Å². The van der Waals surface area contributed by atoms with E-state index in [1.807, 2.05) is 62.6 Å². The first kappa shape index (κ1) is 25.0. The first-order valence-electron chi connectivity index (χ1n) is 10.6. The Morgan fingerprint density at radius 3 is 0.941 bits per heavy atom. The Morgan fingerprint density at radius 1 is 0.471 bits per heavy atom. The fourth-order valence-electron chi connectivity index (χ4n) is 3.11. The summed E-state index contributed by atoms with van der Waals surface area (Å²) in [6.45, 7) is 0. The van der Waals surface area contributed by atoms with Crippen LogP contribution in [-0.4, -0.2) is 25.7 Å². The lowest BCUT2D eigenvalue weighted by Gasteiger charge is -2.05. The highest BCUT2D eigenvalue weighted by Gasteiger charge is 2.09. The number of benzene rings is 4. The second-order valence-electron chi connectivity index (χ2n) is 7.33. The van der Waals surface area contributed by atoms with E-state index in [-0.39, 0.29) is 11.6 Å². The van der Waals surface area contributed by atoms with Crippen LogP contribution >= 0.6 is 23.2 Å². The molecule has 0 aliphatic carbocycles. The van der Waals surface area contributed by atoms with Crippen molar-refractivity contribution in [3.63, 3.8) is 0 Å². The fourth-order valence-corrected chi connectivity index (χ4v) is 3.36. The molecule has 0 aromatic heterocycles. The van der Waals surface area contributed by atoms with Gasteiger partial charge in [-0.2, -0.15) is 0 Å². The Hall–Kier alpha value is -3.60. The topological polar surface area (TPSA) is 58.2 Å². The number of hydrogen-bond donors (Lipinski definition) is 2. The van der Waals surface area contributed by atoms with Gasteiger partial charge >= 0.3 is 0 Å². The lowest BCUT2D eigenvalue weighted by atomic mass is 10.0. The van der Waals surface area contributed by atoms with Crippen molar-refractivity contribution < 1.29 is 9.59 Å². The van der Waals surface area contributed by atoms with Gasteiger partial charge in [0, 0.05) is 57.8 Å². The summed E-state index contributed by atoms with van der Waals surface area (Å²) in [5.74, 6) is 0.00800. The summed E-state index contributed by atoms with van der Waals surface area (Å²) in [7, 11) is 3.71. The third-order valence-corrected chi connectivity index (χ3v) is 5.59. The van der Waals surface area contributed by atoms with Crippen molar-refractivity contribution in [2.75, 3.05) is 24.7 Å². The number of carbonyl (C=O) groups excluding carboxylic acids is 2. The van der Waals surface area contributed by atoms with Gasteiger partial charge in [-0.1, -0.05) is 23.2 Å². The van der Waals surface area contributed by atoms with E-state index < -0.39 is 0 Å². The molecule has 0 unspecified atom stereocenters. The van der Waals surface area contributed by atoms with E-state index in [2.05, 4.69) is 10.6 Å². The SMILES string of the molecule is CNc1ccc(C(=O)c2ccc(NC)cc2)cc1.O=C(c1ccc(Cl)cc1)c1ccc(Cl)cc1. The zero-order valence-corrected chi connectivity index (χ0v) is 20.3. The molecule has 172 valence electrons. The number of rotatable bonds is 6. The summed E-state index contributed by atoms with van der Waals surface area (Å²) in [5, 5.41) is 7.29. The number of ketones is 2. The van der Waals surface area contributed by atoms with E-state index >= 15 is 0 Å². The highest BCUT2D eigenvalue weighted by atomic mass is 35.5. The Labute approximate surface area is 209 Å². The van der Waals surface area contributed by atoms with Crippen LogP contribution in [0.15, 0.2) is 97.1 Å². The molecule has 4 aromatic rings. The molecule has 0 radical (unpaired) electrons. The fraction of sp³-hybridized carbons (Fsp3) is 0.0714. The maximum absolute atomic E-state index is 12.2. The van der Waals surface area contributed by atoms with E-state index in [9.17, 15) is 9.59 Å². The Balaban J connectivity index is 0.000000192. The van der Waals surface area contributed by atoms with Crippen molar-refractivity contribution in [2.45, 2.75) is 0 Å². The van der Waals surface area contributed by atoms with Crippen LogP contribution in [0.25, 0.3) is 0 Å². The number of carbonyl (C=O) groups is 2. The maximum Gasteiger partial charge on any atom is 0.193 e. The molecule has 2 N–H and O–H groups in total. The minimum absolute atomic E-state index is 0.0340. The largest absolute Gasteiger partial charge is 0.388 e. The van der Waals surface area contributed by atoms with Crippen LogP contribution in [0.2, 0.25) is 10.0 Å². The molecule has 0 aliphatic rings. The van der Waals surface area contributed by atoms with Crippen molar-refractivity contribution in [2.24, 2.45) is 0 Å². The second-order valence-corrected chi connectivity index (χ2v) is 8.20. The summed E-state index contributed by atoms with van der Waals surface area (Å²) in [4.78, 5) is 24.2. The zero-order chi connectivity index (χ0) is 24.5. The molecular weight excluding hydrogens is 467 g/mol. The van der Waals surface area contributed by atoms with Crippen molar-refractivity contribution in [3.05, 3.63) is 129 Å². The smallest absolute Gasteiger partial charge is 0.193 e. The molecule has 4 nitrogen and oxygen atoms in total. The Morgan fingerprint density at radius 2 is 0.706 bits per heavy atom. The summed E-state index contributed by atoms with van der Waals surface area (Å²) in [5.41, 5.74) is 4.63. The molecule has 0 saturated carbocycles. The molecule has 0 aliphatic heterocycles. The first-order chi connectivity index (χ1) is 16.4. The van der Waals surface area contributed by atoms with E-state index in [4.69, 9.17) is 23.2 Å². The van der Waals surface area contributed by atoms with Gasteiger partial charge in [-0.25, -0.2) is 0 Å². The van der Waals surface area contributed by atoms with Crippen LogP contribution in [0, 0.1) is 0 Å². The maximum atomic E-state index is 12.2. The van der Waals surface area contributed by atoms with Gasteiger partial charge in [-0.3, -0.25) is 9.59 Å². The van der Waals surface area contributed by atoms with Crippen LogP contribution in [-0.2, 0) is 0 Å². The molecule has 6 heteroatoms. The van der Waals surface area contributed by atoms with Gasteiger partial charge in [0.1, 0.15) is 0 Å². The van der Waals surface area contributed by atoms with Crippen molar-refractivity contribution in [3.8, 4) is 0 Å². The number of nitrogens with one attached hydrogen (secondary N) is 2. The number of anilines is 2. The summed E-state index contributed by atoms with van der Waals surface area (Å²) in [6.07, 6.45) is 0. The van der Waals surface area contributed by atoms with Crippen LogP contribution in [0.3, 0.4) is 0 Å². The van der Waals surface area contributed by atoms with Crippen LogP contribution in [0.1, 0.15) is 31.8 Å². The van der Waals surface area contributed by atoms with E-state index in [0.29, 0.717) is 32.3 Å². The third kappa shape index (κ3) is 6.70. The Kier molecular flexibility index (Phi) is 8.86. The van der Waals surface area contributed by atoms with E-state index in [1.165, 1.54) is 0 Å². The van der Waals surface area contributed by atoms with Crippen LogP contribution in [0.4, 0.5) is 11.4 Å². The van der Waals surface area contributed by atoms with Crippen LogP contribution < -0.4 is 10.6 Å². The van der Waals surface area contributed by atoms with Gasteiger partial charge in [-0.05, 0) is 97.1 Å². The summed E-state index contributed by atoms with van der Waals surface area (Å²) >= 11 is 11.5. The molecule has 0 atom stereocenters. The van der Waals surface area contributed by atoms with Gasteiger partial charge in [0.05, 0.1) is 0 Å². The molecule has 34 heavy (non-hydrogen) atoms. The first-order valence-corrected chi connectivity index (χ1v) is 11.3. The average Bonchev–Trinajstić information content (AvgIpc) is 2.89.